The molecule has 1 heterocycles. The lowest BCUT2D eigenvalue weighted by Gasteiger charge is -2.05. The molecule has 1 amide bonds. The number of phenols is 1. The first kappa shape index (κ1) is 13.5. The van der Waals surface area contributed by atoms with E-state index in [-0.39, 0.29) is 11.4 Å². The minimum absolute atomic E-state index is 0.0223. The predicted octanol–water partition coefficient (Wildman–Crippen LogP) is 0.957. The van der Waals surface area contributed by atoms with Crippen LogP contribution in [0.4, 0.5) is 5.69 Å². The molecule has 1 aromatic carbocycles. The number of nitrogens with two attached hydrogens (primary N) is 1. The summed E-state index contributed by atoms with van der Waals surface area (Å²) >= 11 is 3.26. The van der Waals surface area contributed by atoms with Gasteiger partial charge in [-0.1, -0.05) is 21.1 Å². The van der Waals surface area contributed by atoms with Crippen LogP contribution in [0.3, 0.4) is 0 Å². The molecule has 7 nitrogen and oxygen atoms in total. The Morgan fingerprint density at radius 2 is 2.32 bits per heavy atom. The highest BCUT2D eigenvalue weighted by atomic mass is 79.9. The summed E-state index contributed by atoms with van der Waals surface area (Å²) in [5, 5.41) is 19.7. The van der Waals surface area contributed by atoms with Gasteiger partial charge in [0.1, 0.15) is 5.75 Å². The van der Waals surface area contributed by atoms with Crippen molar-refractivity contribution in [1.82, 2.24) is 15.0 Å². The molecule has 0 bridgehead atoms. The Balaban J connectivity index is 2.13. The van der Waals surface area contributed by atoms with Gasteiger partial charge in [-0.2, -0.15) is 0 Å². The van der Waals surface area contributed by atoms with E-state index in [0.29, 0.717) is 18.8 Å². The molecular weight excluding hydrogens is 314 g/mol. The number of anilines is 1. The molecule has 0 radical (unpaired) electrons. The van der Waals surface area contributed by atoms with Gasteiger partial charge < -0.3 is 16.2 Å². The van der Waals surface area contributed by atoms with Crippen molar-refractivity contribution in [3.63, 3.8) is 0 Å². The number of phenolic OH excluding ortho intramolecular Hbond substituents is 1. The van der Waals surface area contributed by atoms with Gasteiger partial charge in [-0.3, -0.25) is 9.48 Å². The minimum atomic E-state index is -0.448. The van der Waals surface area contributed by atoms with Gasteiger partial charge in [-0.15, -0.1) is 5.10 Å². The maximum atomic E-state index is 11.9. The number of amides is 1. The monoisotopic (exact) mass is 325 g/mol. The zero-order chi connectivity index (χ0) is 13.8. The van der Waals surface area contributed by atoms with E-state index in [9.17, 15) is 9.90 Å². The van der Waals surface area contributed by atoms with Crippen molar-refractivity contribution in [2.75, 3.05) is 11.9 Å². The van der Waals surface area contributed by atoms with Crippen LogP contribution in [0.25, 0.3) is 0 Å². The SMILES string of the molecule is NCCn1cc(C(=O)Nc2cc(Br)ccc2O)nn1. The number of aromatic nitrogens is 3. The van der Waals surface area contributed by atoms with E-state index in [1.54, 1.807) is 12.1 Å². The summed E-state index contributed by atoms with van der Waals surface area (Å²) < 4.78 is 2.22. The van der Waals surface area contributed by atoms with Crippen LogP contribution in [-0.4, -0.2) is 32.6 Å². The van der Waals surface area contributed by atoms with E-state index in [1.807, 2.05) is 0 Å². The zero-order valence-electron chi connectivity index (χ0n) is 9.88. The highest BCUT2D eigenvalue weighted by Crippen LogP contribution is 2.26. The maximum absolute atomic E-state index is 11.9. The van der Waals surface area contributed by atoms with Crippen LogP contribution in [0.5, 0.6) is 5.75 Å². The van der Waals surface area contributed by atoms with E-state index >= 15 is 0 Å². The lowest BCUT2D eigenvalue weighted by molar-refractivity contribution is 0.102. The molecule has 0 saturated heterocycles. The molecule has 4 N–H and O–H groups in total. The summed E-state index contributed by atoms with van der Waals surface area (Å²) in [7, 11) is 0. The Kier molecular flexibility index (Phi) is 4.13. The van der Waals surface area contributed by atoms with Crippen molar-refractivity contribution in [2.24, 2.45) is 5.73 Å². The van der Waals surface area contributed by atoms with Gasteiger partial charge >= 0.3 is 0 Å². The summed E-state index contributed by atoms with van der Waals surface area (Å²) in [5.41, 5.74) is 5.84. The lowest BCUT2D eigenvalue weighted by atomic mass is 10.3. The molecule has 19 heavy (non-hydrogen) atoms. The second-order valence-electron chi connectivity index (χ2n) is 3.77. The summed E-state index contributed by atoms with van der Waals surface area (Å²) in [6.45, 7) is 0.902. The molecule has 0 saturated carbocycles. The van der Waals surface area contributed by atoms with Crippen LogP contribution in [0.1, 0.15) is 10.5 Å². The summed E-state index contributed by atoms with van der Waals surface area (Å²) in [4.78, 5) is 11.9. The van der Waals surface area contributed by atoms with Crippen molar-refractivity contribution < 1.29 is 9.90 Å². The van der Waals surface area contributed by atoms with Gasteiger partial charge in [0.05, 0.1) is 18.4 Å². The maximum Gasteiger partial charge on any atom is 0.277 e. The van der Waals surface area contributed by atoms with Gasteiger partial charge in [-0.25, -0.2) is 0 Å². The summed E-state index contributed by atoms with van der Waals surface area (Å²) in [6, 6.07) is 4.74. The van der Waals surface area contributed by atoms with Crippen molar-refractivity contribution in [1.29, 1.82) is 0 Å². The predicted molar refractivity (Wildman–Crippen MR) is 72.8 cm³/mol. The first-order valence-electron chi connectivity index (χ1n) is 5.50. The molecule has 2 rings (SSSR count). The van der Waals surface area contributed by atoms with Crippen molar-refractivity contribution in [3.05, 3.63) is 34.6 Å². The molecule has 0 aliphatic heterocycles. The summed E-state index contributed by atoms with van der Waals surface area (Å²) in [6.07, 6.45) is 1.50. The topological polar surface area (TPSA) is 106 Å². The van der Waals surface area contributed by atoms with Crippen LogP contribution in [0.2, 0.25) is 0 Å². The van der Waals surface area contributed by atoms with Gasteiger partial charge in [0.25, 0.3) is 5.91 Å². The Labute approximate surface area is 117 Å². The molecule has 8 heteroatoms. The van der Waals surface area contributed by atoms with Crippen LogP contribution >= 0.6 is 15.9 Å². The smallest absolute Gasteiger partial charge is 0.277 e. The van der Waals surface area contributed by atoms with Gasteiger partial charge in [0.15, 0.2) is 5.69 Å². The first-order valence-corrected chi connectivity index (χ1v) is 6.29. The fraction of sp³-hybridized carbons (Fsp3) is 0.182. The van der Waals surface area contributed by atoms with E-state index in [4.69, 9.17) is 5.73 Å². The third kappa shape index (κ3) is 3.30. The molecule has 2 aromatic rings. The average Bonchev–Trinajstić information content (AvgIpc) is 2.83. The lowest BCUT2D eigenvalue weighted by Crippen LogP contribution is -2.13. The van der Waals surface area contributed by atoms with Gasteiger partial charge in [0.2, 0.25) is 0 Å². The number of halogens is 1. The number of hydrogen-bond donors (Lipinski definition) is 3. The molecular formula is C11H12BrN5O2. The van der Waals surface area contributed by atoms with Crippen LogP contribution < -0.4 is 11.1 Å². The van der Waals surface area contributed by atoms with Gasteiger partial charge in [-0.05, 0) is 18.2 Å². The normalized spacial score (nSPS) is 10.4. The number of nitrogens with zero attached hydrogens (tertiary/aromatic N) is 3. The Hall–Kier alpha value is -1.93. The molecule has 0 fully saturated rings. The number of aromatic hydroxyl groups is 1. The fourth-order valence-electron chi connectivity index (χ4n) is 1.44. The number of rotatable bonds is 4. The molecule has 1 aromatic heterocycles. The molecule has 0 aliphatic rings. The fourth-order valence-corrected chi connectivity index (χ4v) is 1.80. The molecule has 0 aliphatic carbocycles. The van der Waals surface area contributed by atoms with Crippen molar-refractivity contribution in [2.45, 2.75) is 6.54 Å². The number of carbonyl (C=O) groups excluding carboxylic acids is 1. The number of nitrogens with one attached hydrogen (secondary N) is 1. The zero-order valence-corrected chi connectivity index (χ0v) is 11.5. The Bertz CT molecular complexity index is 599. The Morgan fingerprint density at radius 1 is 1.53 bits per heavy atom. The first-order chi connectivity index (χ1) is 9.10. The standard InChI is InChI=1S/C11H12BrN5O2/c12-7-1-2-10(18)8(5-7)14-11(19)9-6-17(4-3-13)16-15-9/h1-2,5-6,18H,3-4,13H2,(H,14,19). The van der Waals surface area contributed by atoms with E-state index in [2.05, 4.69) is 31.6 Å². The highest BCUT2D eigenvalue weighted by Gasteiger charge is 2.13. The summed E-state index contributed by atoms with van der Waals surface area (Å²) in [5.74, 6) is -0.470. The van der Waals surface area contributed by atoms with E-state index < -0.39 is 5.91 Å². The minimum Gasteiger partial charge on any atom is -0.506 e. The van der Waals surface area contributed by atoms with E-state index in [1.165, 1.54) is 16.9 Å². The molecule has 0 unspecified atom stereocenters. The average molecular weight is 326 g/mol. The van der Waals surface area contributed by atoms with E-state index in [0.717, 1.165) is 4.47 Å². The van der Waals surface area contributed by atoms with Crippen LogP contribution in [0, 0.1) is 0 Å². The molecule has 0 spiro atoms. The van der Waals surface area contributed by atoms with Crippen LogP contribution in [-0.2, 0) is 6.54 Å². The second kappa shape index (κ2) is 5.81. The van der Waals surface area contributed by atoms with Crippen molar-refractivity contribution >= 4 is 27.5 Å². The number of benzene rings is 1. The quantitative estimate of drug-likeness (QED) is 0.726. The van der Waals surface area contributed by atoms with Gasteiger partial charge in [0, 0.05) is 11.0 Å². The van der Waals surface area contributed by atoms with Crippen LogP contribution in [0.15, 0.2) is 28.9 Å². The number of carbonyl (C=O) groups is 1. The molecule has 100 valence electrons. The molecule has 0 atom stereocenters. The second-order valence-corrected chi connectivity index (χ2v) is 4.69. The van der Waals surface area contributed by atoms with Crippen molar-refractivity contribution in [3.8, 4) is 5.75 Å². The largest absolute Gasteiger partial charge is 0.506 e. The third-order valence-corrected chi connectivity index (χ3v) is 2.83. The highest BCUT2D eigenvalue weighted by molar-refractivity contribution is 9.10. The third-order valence-electron chi connectivity index (χ3n) is 2.34. The Morgan fingerprint density at radius 3 is 3.05 bits per heavy atom. The number of hydrogen-bond acceptors (Lipinski definition) is 5.